The van der Waals surface area contributed by atoms with Gasteiger partial charge in [-0.3, -0.25) is 0 Å². The molecule has 0 heterocycles. The lowest BCUT2D eigenvalue weighted by atomic mass is 10.2. The fourth-order valence-corrected chi connectivity index (χ4v) is 2.15. The summed E-state index contributed by atoms with van der Waals surface area (Å²) in [5.74, 6) is -1.15. The summed E-state index contributed by atoms with van der Waals surface area (Å²) in [7, 11) is 2.56. The Morgan fingerprint density at radius 2 is 1.83 bits per heavy atom. The largest absolute Gasteiger partial charge is 0.508 e. The van der Waals surface area contributed by atoms with Crippen molar-refractivity contribution in [1.82, 2.24) is 10.6 Å². The number of hydrogen-bond donors (Lipinski definition) is 3. The maximum Gasteiger partial charge on any atom is 0.409 e. The number of aromatic hydroxyl groups is 1. The van der Waals surface area contributed by atoms with Gasteiger partial charge in [0.1, 0.15) is 23.1 Å². The monoisotopic (exact) mass is 434 g/mol. The molecule has 0 fully saturated rings. The SMILES string of the molecule is CN/C(=C\CC(NC(=O)OC(C)(C)C)C(F)(F)F)Oc1cc(O)cc(C(=O)OC)c1. The number of esters is 1. The minimum Gasteiger partial charge on any atom is -0.508 e. The van der Waals surface area contributed by atoms with Gasteiger partial charge in [-0.05, 0) is 45.4 Å². The van der Waals surface area contributed by atoms with Crippen molar-refractivity contribution in [2.45, 2.75) is 45.0 Å². The summed E-state index contributed by atoms with van der Waals surface area (Å²) >= 11 is 0. The summed E-state index contributed by atoms with van der Waals surface area (Å²) in [6.45, 7) is 4.58. The Hall–Kier alpha value is -3.11. The lowest BCUT2D eigenvalue weighted by Crippen LogP contribution is -2.47. The summed E-state index contributed by atoms with van der Waals surface area (Å²) in [4.78, 5) is 23.3. The molecule has 1 unspecified atom stereocenters. The number of halogens is 3. The number of alkyl carbamates (subject to hydrolysis) is 1. The van der Waals surface area contributed by atoms with Crippen molar-refractivity contribution in [1.29, 1.82) is 0 Å². The molecule has 0 aromatic heterocycles. The van der Waals surface area contributed by atoms with Gasteiger partial charge in [0.15, 0.2) is 5.88 Å². The van der Waals surface area contributed by atoms with Crippen LogP contribution in [0.15, 0.2) is 30.2 Å². The summed E-state index contributed by atoms with van der Waals surface area (Å²) in [6.07, 6.45) is -5.55. The highest BCUT2D eigenvalue weighted by Crippen LogP contribution is 2.26. The number of amides is 1. The van der Waals surface area contributed by atoms with Gasteiger partial charge in [0.05, 0.1) is 12.7 Å². The van der Waals surface area contributed by atoms with Crippen molar-refractivity contribution in [2.24, 2.45) is 0 Å². The van der Waals surface area contributed by atoms with Crippen molar-refractivity contribution >= 4 is 12.1 Å². The average molecular weight is 434 g/mol. The third-order valence-electron chi connectivity index (χ3n) is 3.41. The van der Waals surface area contributed by atoms with Crippen LogP contribution in [-0.4, -0.2) is 49.1 Å². The van der Waals surface area contributed by atoms with Crippen molar-refractivity contribution in [2.75, 3.05) is 14.2 Å². The molecule has 0 aliphatic heterocycles. The molecule has 3 N–H and O–H groups in total. The molecule has 1 amide bonds. The zero-order valence-electron chi connectivity index (χ0n) is 17.2. The second-order valence-corrected chi connectivity index (χ2v) is 7.10. The Balaban J connectivity index is 2.98. The predicted molar refractivity (Wildman–Crippen MR) is 101 cm³/mol. The van der Waals surface area contributed by atoms with Gasteiger partial charge in [-0.25, -0.2) is 9.59 Å². The Kier molecular flexibility index (Phi) is 8.38. The van der Waals surface area contributed by atoms with Gasteiger partial charge in [0.25, 0.3) is 0 Å². The predicted octanol–water partition coefficient (Wildman–Crippen LogP) is 3.46. The molecule has 30 heavy (non-hydrogen) atoms. The number of hydrogen-bond acceptors (Lipinski definition) is 7. The first-order chi connectivity index (χ1) is 13.7. The first-order valence-electron chi connectivity index (χ1n) is 8.79. The van der Waals surface area contributed by atoms with Crippen LogP contribution in [0.2, 0.25) is 0 Å². The van der Waals surface area contributed by atoms with Crippen LogP contribution in [0.1, 0.15) is 37.6 Å². The first kappa shape index (κ1) is 24.9. The molecule has 1 aromatic rings. The fourth-order valence-electron chi connectivity index (χ4n) is 2.15. The lowest BCUT2D eigenvalue weighted by molar-refractivity contribution is -0.154. The van der Waals surface area contributed by atoms with Crippen molar-refractivity contribution in [3.05, 3.63) is 35.7 Å². The minimum atomic E-state index is -4.74. The highest BCUT2D eigenvalue weighted by atomic mass is 19.4. The Labute approximate surface area is 172 Å². The molecule has 0 spiro atoms. The van der Waals surface area contributed by atoms with Gasteiger partial charge in [-0.15, -0.1) is 0 Å². The molecule has 1 atom stereocenters. The number of nitrogens with one attached hydrogen (secondary N) is 2. The van der Waals surface area contributed by atoms with Gasteiger partial charge in [-0.1, -0.05) is 0 Å². The van der Waals surface area contributed by atoms with E-state index in [-0.39, 0.29) is 22.9 Å². The van der Waals surface area contributed by atoms with E-state index in [1.165, 1.54) is 33.9 Å². The molecule has 1 aromatic carbocycles. The number of alkyl halides is 3. The van der Waals surface area contributed by atoms with E-state index >= 15 is 0 Å². The first-order valence-corrected chi connectivity index (χ1v) is 8.79. The van der Waals surface area contributed by atoms with Gasteiger partial charge in [0, 0.05) is 13.1 Å². The lowest BCUT2D eigenvalue weighted by Gasteiger charge is -2.24. The molecule has 0 aliphatic carbocycles. The van der Waals surface area contributed by atoms with Crippen LogP contribution in [0, 0.1) is 0 Å². The Morgan fingerprint density at radius 1 is 1.20 bits per heavy atom. The quantitative estimate of drug-likeness (QED) is 0.446. The van der Waals surface area contributed by atoms with Crippen molar-refractivity contribution in [3.63, 3.8) is 0 Å². The molecule has 168 valence electrons. The number of ether oxygens (including phenoxy) is 3. The van der Waals surface area contributed by atoms with E-state index in [1.807, 2.05) is 0 Å². The number of rotatable bonds is 7. The molecule has 0 aliphatic rings. The van der Waals surface area contributed by atoms with Gasteiger partial charge >= 0.3 is 18.2 Å². The summed E-state index contributed by atoms with van der Waals surface area (Å²) in [5, 5.41) is 14.0. The van der Waals surface area contributed by atoms with Crippen LogP contribution in [0.25, 0.3) is 0 Å². The topological polar surface area (TPSA) is 106 Å². The van der Waals surface area contributed by atoms with E-state index in [9.17, 15) is 27.9 Å². The van der Waals surface area contributed by atoms with E-state index in [0.717, 1.165) is 25.3 Å². The molecular weight excluding hydrogens is 409 g/mol. The molecule has 0 saturated heterocycles. The zero-order valence-corrected chi connectivity index (χ0v) is 17.2. The maximum atomic E-state index is 13.3. The van der Waals surface area contributed by atoms with Crippen LogP contribution < -0.4 is 15.4 Å². The van der Waals surface area contributed by atoms with Crippen LogP contribution >= 0.6 is 0 Å². The highest BCUT2D eigenvalue weighted by molar-refractivity contribution is 5.90. The second-order valence-electron chi connectivity index (χ2n) is 7.10. The molecular formula is C19H25F3N2O6. The summed E-state index contributed by atoms with van der Waals surface area (Å²) < 4.78 is 54.7. The van der Waals surface area contributed by atoms with E-state index in [4.69, 9.17) is 9.47 Å². The number of carbonyl (C=O) groups excluding carboxylic acids is 2. The third-order valence-corrected chi connectivity index (χ3v) is 3.41. The van der Waals surface area contributed by atoms with E-state index in [1.54, 1.807) is 5.32 Å². The number of carbonyl (C=O) groups is 2. The van der Waals surface area contributed by atoms with E-state index < -0.39 is 36.3 Å². The van der Waals surface area contributed by atoms with Crippen molar-refractivity contribution < 1.29 is 42.1 Å². The van der Waals surface area contributed by atoms with Crippen molar-refractivity contribution in [3.8, 4) is 11.5 Å². The van der Waals surface area contributed by atoms with Crippen LogP contribution in [0.5, 0.6) is 11.5 Å². The maximum absolute atomic E-state index is 13.3. The number of phenolic OH excluding ortho intramolecular Hbond substituents is 1. The Morgan fingerprint density at radius 3 is 2.33 bits per heavy atom. The summed E-state index contributed by atoms with van der Waals surface area (Å²) in [5.41, 5.74) is -0.968. The van der Waals surface area contributed by atoms with Crippen LogP contribution in [0.3, 0.4) is 0 Å². The fraction of sp³-hybridized carbons (Fsp3) is 0.474. The molecule has 0 saturated carbocycles. The van der Waals surface area contributed by atoms with Gasteiger partial charge in [-0.2, -0.15) is 13.2 Å². The van der Waals surface area contributed by atoms with Crippen LogP contribution in [0.4, 0.5) is 18.0 Å². The normalized spacial score (nSPS) is 13.3. The second kappa shape index (κ2) is 10.1. The molecule has 0 bridgehead atoms. The standard InChI is InChI=1S/C19H25F3N2O6/c1-18(2,3)30-17(27)24-14(19(20,21)22)6-7-15(23-4)29-13-9-11(16(26)28-5)8-12(25)10-13/h7-10,14,23,25H,6H2,1-5H3,(H,24,27)/b15-7+. The third kappa shape index (κ3) is 8.50. The van der Waals surface area contributed by atoms with Gasteiger partial charge < -0.3 is 30.0 Å². The minimum absolute atomic E-state index is 0.0114. The van der Waals surface area contributed by atoms with E-state index in [2.05, 4.69) is 10.1 Å². The van der Waals surface area contributed by atoms with E-state index in [0.29, 0.717) is 0 Å². The molecule has 11 heteroatoms. The molecule has 8 nitrogen and oxygen atoms in total. The highest BCUT2D eigenvalue weighted by Gasteiger charge is 2.40. The smallest absolute Gasteiger partial charge is 0.409 e. The molecule has 0 radical (unpaired) electrons. The zero-order chi connectivity index (χ0) is 23.1. The average Bonchev–Trinajstić information content (AvgIpc) is 2.60. The Bertz CT molecular complexity index is 787. The number of phenols is 1. The van der Waals surface area contributed by atoms with Crippen LogP contribution in [-0.2, 0) is 9.47 Å². The number of methoxy groups -OCH3 is 1. The van der Waals surface area contributed by atoms with Gasteiger partial charge in [0.2, 0.25) is 0 Å². The number of benzene rings is 1. The summed E-state index contributed by atoms with van der Waals surface area (Å²) in [6, 6.07) is 1.33. The molecule has 1 rings (SSSR count).